The summed E-state index contributed by atoms with van der Waals surface area (Å²) in [6, 6.07) is 3.68. The third kappa shape index (κ3) is 2.27. The summed E-state index contributed by atoms with van der Waals surface area (Å²) in [4.78, 5) is 4.06. The molecule has 0 aromatic carbocycles. The molecule has 0 fully saturated rings. The van der Waals surface area contributed by atoms with Gasteiger partial charge in [-0.25, -0.2) is 0 Å². The van der Waals surface area contributed by atoms with Crippen molar-refractivity contribution in [1.29, 1.82) is 0 Å². The van der Waals surface area contributed by atoms with E-state index in [1.807, 2.05) is 12.1 Å². The molecule has 0 unspecified atom stereocenters. The molecule has 0 radical (unpaired) electrons. The average Bonchev–Trinajstić information content (AvgIpc) is 2.05. The van der Waals surface area contributed by atoms with Gasteiger partial charge in [-0.1, -0.05) is 0 Å². The molecule has 0 aliphatic carbocycles. The van der Waals surface area contributed by atoms with E-state index in [2.05, 4.69) is 26.2 Å². The molecule has 66 valence electrons. The zero-order chi connectivity index (χ0) is 8.97. The zero-order valence-corrected chi connectivity index (χ0v) is 8.37. The van der Waals surface area contributed by atoms with Gasteiger partial charge in [-0.15, -0.1) is 0 Å². The predicted molar refractivity (Wildman–Crippen MR) is 50.8 cm³/mol. The first-order valence-electron chi connectivity index (χ1n) is 3.68. The molecule has 0 spiro atoms. The highest BCUT2D eigenvalue weighted by atomic mass is 79.9. The lowest BCUT2D eigenvalue weighted by Gasteiger charge is -2.10. The number of aromatic nitrogens is 1. The van der Waals surface area contributed by atoms with Gasteiger partial charge in [0.05, 0.1) is 5.69 Å². The minimum absolute atomic E-state index is 0.510. The first-order chi connectivity index (χ1) is 5.75. The van der Waals surface area contributed by atoms with E-state index in [0.717, 1.165) is 4.47 Å². The van der Waals surface area contributed by atoms with Gasteiger partial charge in [-0.05, 0) is 35.1 Å². The molecular weight excluding hydrogens is 220 g/mol. The fraction of sp³-hybridized carbons (Fsp3) is 0.375. The van der Waals surface area contributed by atoms with Gasteiger partial charge in [0.25, 0.3) is 0 Å². The van der Waals surface area contributed by atoms with Crippen LogP contribution in [-0.4, -0.2) is 23.7 Å². The Morgan fingerprint density at radius 3 is 3.08 bits per heavy atom. The molecule has 0 amide bonds. The minimum atomic E-state index is -0.550. The first-order valence-corrected chi connectivity index (χ1v) is 4.48. The highest BCUT2D eigenvalue weighted by Gasteiger charge is 2.10. The lowest BCUT2D eigenvalue weighted by molar-refractivity contribution is 0.172. The molecule has 1 aromatic rings. The number of nitrogens with zero attached hydrogens (tertiary/aromatic N) is 1. The Hall–Kier alpha value is -0.450. The molecule has 4 heteroatoms. The van der Waals surface area contributed by atoms with Crippen LogP contribution in [0.4, 0.5) is 0 Å². The summed E-state index contributed by atoms with van der Waals surface area (Å²) in [7, 11) is 1.79. The first kappa shape index (κ1) is 9.64. The number of likely N-dealkylation sites (N-methyl/N-ethyl adjacent to an activating group) is 1. The molecule has 1 aromatic heterocycles. The molecule has 0 saturated carbocycles. The summed E-state index contributed by atoms with van der Waals surface area (Å²) in [5.41, 5.74) is 0.673. The molecule has 0 bridgehead atoms. The van der Waals surface area contributed by atoms with Crippen LogP contribution in [0.5, 0.6) is 0 Å². The largest absolute Gasteiger partial charge is 0.385 e. The summed E-state index contributed by atoms with van der Waals surface area (Å²) >= 11 is 3.32. The normalized spacial score (nSPS) is 12.9. The smallest absolute Gasteiger partial charge is 0.109 e. The van der Waals surface area contributed by atoms with E-state index in [4.69, 9.17) is 0 Å². The fourth-order valence-electron chi connectivity index (χ4n) is 0.933. The van der Waals surface area contributed by atoms with Crippen LogP contribution in [0.25, 0.3) is 0 Å². The van der Waals surface area contributed by atoms with Crippen LogP contribution in [-0.2, 0) is 0 Å². The molecule has 0 aliphatic heterocycles. The number of pyridine rings is 1. The van der Waals surface area contributed by atoms with Crippen LogP contribution >= 0.6 is 15.9 Å². The number of hydrogen-bond acceptors (Lipinski definition) is 3. The Kier molecular flexibility index (Phi) is 3.65. The number of aliphatic hydroxyl groups excluding tert-OH is 1. The SMILES string of the molecule is CNC[C@@H](O)c1ncccc1Br. The maximum atomic E-state index is 9.55. The van der Waals surface area contributed by atoms with Gasteiger partial charge in [0.2, 0.25) is 0 Å². The van der Waals surface area contributed by atoms with E-state index >= 15 is 0 Å². The molecule has 1 rings (SSSR count). The van der Waals surface area contributed by atoms with Crippen molar-refractivity contribution in [2.75, 3.05) is 13.6 Å². The number of nitrogens with one attached hydrogen (secondary N) is 1. The number of hydrogen-bond donors (Lipinski definition) is 2. The van der Waals surface area contributed by atoms with Crippen LogP contribution < -0.4 is 5.32 Å². The second-order valence-corrected chi connectivity index (χ2v) is 3.30. The molecule has 0 aliphatic rings. The van der Waals surface area contributed by atoms with Gasteiger partial charge < -0.3 is 10.4 Å². The van der Waals surface area contributed by atoms with Crippen molar-refractivity contribution >= 4 is 15.9 Å². The predicted octanol–water partition coefficient (Wildman–Crippen LogP) is 1.10. The topological polar surface area (TPSA) is 45.1 Å². The summed E-state index contributed by atoms with van der Waals surface area (Å²) in [6.07, 6.45) is 1.12. The van der Waals surface area contributed by atoms with Crippen molar-refractivity contribution in [3.05, 3.63) is 28.5 Å². The molecule has 0 saturated heterocycles. The van der Waals surface area contributed by atoms with E-state index in [1.165, 1.54) is 0 Å². The van der Waals surface area contributed by atoms with E-state index in [9.17, 15) is 5.11 Å². The van der Waals surface area contributed by atoms with Crippen molar-refractivity contribution in [2.24, 2.45) is 0 Å². The number of rotatable bonds is 3. The van der Waals surface area contributed by atoms with Gasteiger partial charge in [0.15, 0.2) is 0 Å². The van der Waals surface area contributed by atoms with Gasteiger partial charge in [0.1, 0.15) is 6.10 Å². The quantitative estimate of drug-likeness (QED) is 0.818. The van der Waals surface area contributed by atoms with Crippen LogP contribution in [0.3, 0.4) is 0 Å². The van der Waals surface area contributed by atoms with Crippen LogP contribution in [0.15, 0.2) is 22.8 Å². The van der Waals surface area contributed by atoms with Crippen molar-refractivity contribution < 1.29 is 5.11 Å². The maximum Gasteiger partial charge on any atom is 0.109 e. The third-order valence-electron chi connectivity index (χ3n) is 1.50. The molecule has 3 nitrogen and oxygen atoms in total. The Bertz CT molecular complexity index is 255. The van der Waals surface area contributed by atoms with Gasteiger partial charge in [-0.3, -0.25) is 4.98 Å². The third-order valence-corrected chi connectivity index (χ3v) is 2.17. The summed E-state index contributed by atoms with van der Waals surface area (Å²) in [5, 5.41) is 12.4. The molecule has 1 heterocycles. The van der Waals surface area contributed by atoms with Crippen molar-refractivity contribution in [2.45, 2.75) is 6.10 Å². The average molecular weight is 231 g/mol. The molecule has 12 heavy (non-hydrogen) atoms. The monoisotopic (exact) mass is 230 g/mol. The van der Waals surface area contributed by atoms with Gasteiger partial charge in [0, 0.05) is 17.2 Å². The number of aliphatic hydroxyl groups is 1. The Balaban J connectivity index is 2.79. The highest BCUT2D eigenvalue weighted by molar-refractivity contribution is 9.10. The van der Waals surface area contributed by atoms with Crippen LogP contribution in [0.2, 0.25) is 0 Å². The maximum absolute atomic E-state index is 9.55. The molecule has 2 N–H and O–H groups in total. The summed E-state index contributed by atoms with van der Waals surface area (Å²) < 4.78 is 0.841. The Morgan fingerprint density at radius 2 is 2.50 bits per heavy atom. The summed E-state index contributed by atoms with van der Waals surface area (Å²) in [5.74, 6) is 0. The standard InChI is InChI=1S/C8H11BrN2O/c1-10-5-7(12)8-6(9)3-2-4-11-8/h2-4,7,10,12H,5H2,1H3/t7-/m1/s1. The molecular formula is C8H11BrN2O. The van der Waals surface area contributed by atoms with Gasteiger partial charge in [-0.2, -0.15) is 0 Å². The van der Waals surface area contributed by atoms with E-state index in [0.29, 0.717) is 12.2 Å². The van der Waals surface area contributed by atoms with Crippen LogP contribution in [0, 0.1) is 0 Å². The van der Waals surface area contributed by atoms with Crippen molar-refractivity contribution in [3.63, 3.8) is 0 Å². The van der Waals surface area contributed by atoms with Crippen LogP contribution in [0.1, 0.15) is 11.8 Å². The Morgan fingerprint density at radius 1 is 1.75 bits per heavy atom. The van der Waals surface area contributed by atoms with E-state index in [1.54, 1.807) is 13.2 Å². The van der Waals surface area contributed by atoms with Gasteiger partial charge >= 0.3 is 0 Å². The second-order valence-electron chi connectivity index (χ2n) is 2.44. The van der Waals surface area contributed by atoms with Crippen molar-refractivity contribution in [1.82, 2.24) is 10.3 Å². The number of halogens is 1. The van der Waals surface area contributed by atoms with E-state index in [-0.39, 0.29) is 0 Å². The minimum Gasteiger partial charge on any atom is -0.385 e. The second kappa shape index (κ2) is 4.54. The van der Waals surface area contributed by atoms with Crippen molar-refractivity contribution in [3.8, 4) is 0 Å². The fourth-order valence-corrected chi connectivity index (χ4v) is 1.45. The van der Waals surface area contributed by atoms with E-state index < -0.39 is 6.10 Å². The zero-order valence-electron chi connectivity index (χ0n) is 6.79. The lowest BCUT2D eigenvalue weighted by atomic mass is 10.2. The molecule has 1 atom stereocenters. The lowest BCUT2D eigenvalue weighted by Crippen LogP contribution is -2.17. The summed E-state index contributed by atoms with van der Waals surface area (Å²) in [6.45, 7) is 0.510. The highest BCUT2D eigenvalue weighted by Crippen LogP contribution is 2.19. The Labute approximate surface area is 80.0 Å².